The highest BCUT2D eigenvalue weighted by Crippen LogP contribution is 2.12. The Bertz CT molecular complexity index is 472. The van der Waals surface area contributed by atoms with Crippen LogP contribution >= 0.6 is 11.6 Å². The summed E-state index contributed by atoms with van der Waals surface area (Å²) in [5.41, 5.74) is 0.0913. The van der Waals surface area contributed by atoms with Crippen LogP contribution in [0.5, 0.6) is 0 Å². The number of nitrogens with one attached hydrogen (secondary N) is 2. The zero-order valence-electron chi connectivity index (χ0n) is 11.6. The molecule has 0 aromatic heterocycles. The number of carbonyl (C=O) groups excluding carboxylic acids is 1. The third-order valence-electron chi connectivity index (χ3n) is 2.88. The Morgan fingerprint density at radius 2 is 1.80 bits per heavy atom. The third kappa shape index (κ3) is 5.48. The second kappa shape index (κ2) is 7.14. The summed E-state index contributed by atoms with van der Waals surface area (Å²) in [4.78, 5) is 22.4. The Hall–Kier alpha value is -1.75. The van der Waals surface area contributed by atoms with Gasteiger partial charge in [-0.25, -0.2) is 4.79 Å². The number of hydrogen-bond acceptors (Lipinski definition) is 2. The first-order chi connectivity index (χ1) is 9.31. The van der Waals surface area contributed by atoms with E-state index in [2.05, 4.69) is 10.6 Å². The van der Waals surface area contributed by atoms with Crippen LogP contribution in [0.1, 0.15) is 19.4 Å². The molecular formula is C14H19ClN2O3. The van der Waals surface area contributed by atoms with Crippen molar-refractivity contribution in [3.63, 3.8) is 0 Å². The molecular weight excluding hydrogens is 280 g/mol. The summed E-state index contributed by atoms with van der Waals surface area (Å²) in [6.07, 6.45) is 0.687. The Morgan fingerprint density at radius 3 is 2.35 bits per heavy atom. The molecule has 1 aromatic rings. The number of benzene rings is 1. The topological polar surface area (TPSA) is 78.4 Å². The van der Waals surface area contributed by atoms with Crippen molar-refractivity contribution in [2.75, 3.05) is 13.1 Å². The second-order valence-corrected chi connectivity index (χ2v) is 5.61. The first-order valence-corrected chi connectivity index (χ1v) is 6.68. The van der Waals surface area contributed by atoms with E-state index in [4.69, 9.17) is 16.7 Å². The number of hydrogen-bond donors (Lipinski definition) is 3. The molecule has 0 unspecified atom stereocenters. The van der Waals surface area contributed by atoms with Crippen molar-refractivity contribution in [2.45, 2.75) is 20.3 Å². The fourth-order valence-electron chi connectivity index (χ4n) is 1.41. The van der Waals surface area contributed by atoms with Gasteiger partial charge in [0, 0.05) is 18.1 Å². The van der Waals surface area contributed by atoms with E-state index < -0.39 is 11.4 Å². The highest BCUT2D eigenvalue weighted by atomic mass is 35.5. The summed E-state index contributed by atoms with van der Waals surface area (Å²) >= 11 is 5.78. The smallest absolute Gasteiger partial charge is 0.314 e. The third-order valence-corrected chi connectivity index (χ3v) is 3.13. The van der Waals surface area contributed by atoms with Gasteiger partial charge in [-0.15, -0.1) is 0 Å². The van der Waals surface area contributed by atoms with Gasteiger partial charge in [0.2, 0.25) is 0 Å². The number of halogens is 1. The number of carbonyl (C=O) groups is 2. The number of carboxylic acid groups (broad SMARTS) is 1. The van der Waals surface area contributed by atoms with Crippen molar-refractivity contribution in [1.29, 1.82) is 0 Å². The Balaban J connectivity index is 2.27. The van der Waals surface area contributed by atoms with E-state index in [1.807, 2.05) is 12.1 Å². The monoisotopic (exact) mass is 298 g/mol. The van der Waals surface area contributed by atoms with Crippen LogP contribution in [0.2, 0.25) is 5.02 Å². The highest BCUT2D eigenvalue weighted by molar-refractivity contribution is 6.30. The summed E-state index contributed by atoms with van der Waals surface area (Å²) in [6.45, 7) is 3.67. The average molecular weight is 299 g/mol. The first-order valence-electron chi connectivity index (χ1n) is 6.31. The van der Waals surface area contributed by atoms with Crippen molar-refractivity contribution in [1.82, 2.24) is 10.6 Å². The molecule has 20 heavy (non-hydrogen) atoms. The van der Waals surface area contributed by atoms with Gasteiger partial charge in [-0.2, -0.15) is 0 Å². The van der Waals surface area contributed by atoms with Crippen LogP contribution in [0, 0.1) is 5.41 Å². The largest absolute Gasteiger partial charge is 0.481 e. The maximum absolute atomic E-state index is 11.5. The summed E-state index contributed by atoms with van der Waals surface area (Å²) in [5, 5.41) is 14.8. The molecule has 0 spiro atoms. The van der Waals surface area contributed by atoms with Gasteiger partial charge in [-0.1, -0.05) is 23.7 Å². The number of rotatable bonds is 6. The Kier molecular flexibility index (Phi) is 5.82. The number of carboxylic acids is 1. The molecule has 0 saturated carbocycles. The van der Waals surface area contributed by atoms with Crippen LogP contribution in [0.25, 0.3) is 0 Å². The van der Waals surface area contributed by atoms with E-state index in [0.717, 1.165) is 5.56 Å². The van der Waals surface area contributed by atoms with Crippen LogP contribution < -0.4 is 10.6 Å². The lowest BCUT2D eigenvalue weighted by Gasteiger charge is -2.19. The van der Waals surface area contributed by atoms with Gasteiger partial charge < -0.3 is 15.7 Å². The molecule has 1 aromatic carbocycles. The number of amides is 2. The average Bonchev–Trinajstić information content (AvgIpc) is 2.39. The van der Waals surface area contributed by atoms with Crippen molar-refractivity contribution in [3.05, 3.63) is 34.9 Å². The summed E-state index contributed by atoms with van der Waals surface area (Å²) < 4.78 is 0. The minimum Gasteiger partial charge on any atom is -0.481 e. The maximum atomic E-state index is 11.5. The van der Waals surface area contributed by atoms with Crippen molar-refractivity contribution in [2.24, 2.45) is 5.41 Å². The Morgan fingerprint density at radius 1 is 1.20 bits per heavy atom. The highest BCUT2D eigenvalue weighted by Gasteiger charge is 2.27. The van der Waals surface area contributed by atoms with Crippen molar-refractivity contribution < 1.29 is 14.7 Å². The fraction of sp³-hybridized carbons (Fsp3) is 0.429. The first kappa shape index (κ1) is 16.3. The normalized spacial score (nSPS) is 10.9. The molecule has 0 atom stereocenters. The molecule has 0 saturated heterocycles. The predicted octanol–water partition coefficient (Wildman–Crippen LogP) is 2.29. The molecule has 0 aliphatic rings. The standard InChI is InChI=1S/C14H19ClN2O3/c1-14(2,12(18)19)9-17-13(20)16-8-7-10-3-5-11(15)6-4-10/h3-6H,7-9H2,1-2H3,(H,18,19)(H2,16,17,20). The zero-order chi connectivity index (χ0) is 15.2. The molecule has 5 nitrogen and oxygen atoms in total. The second-order valence-electron chi connectivity index (χ2n) is 5.17. The predicted molar refractivity (Wildman–Crippen MR) is 78.0 cm³/mol. The lowest BCUT2D eigenvalue weighted by Crippen LogP contribution is -2.43. The minimum absolute atomic E-state index is 0.0785. The van der Waals surface area contributed by atoms with Crippen LogP contribution in [-0.2, 0) is 11.2 Å². The molecule has 0 aliphatic heterocycles. The van der Waals surface area contributed by atoms with E-state index in [1.165, 1.54) is 0 Å². The van der Waals surface area contributed by atoms with Crippen LogP contribution in [0.4, 0.5) is 4.79 Å². The van der Waals surface area contributed by atoms with E-state index in [-0.39, 0.29) is 12.6 Å². The van der Waals surface area contributed by atoms with Gasteiger partial charge in [0.25, 0.3) is 0 Å². The van der Waals surface area contributed by atoms with Gasteiger partial charge in [0.05, 0.1) is 5.41 Å². The molecule has 0 bridgehead atoms. The molecule has 0 heterocycles. The van der Waals surface area contributed by atoms with Gasteiger partial charge >= 0.3 is 12.0 Å². The SMILES string of the molecule is CC(C)(CNC(=O)NCCc1ccc(Cl)cc1)C(=O)O. The number of aliphatic carboxylic acids is 1. The lowest BCUT2D eigenvalue weighted by molar-refractivity contribution is -0.146. The molecule has 0 fully saturated rings. The van der Waals surface area contributed by atoms with Crippen molar-refractivity contribution >= 4 is 23.6 Å². The molecule has 0 radical (unpaired) electrons. The molecule has 1 rings (SSSR count). The van der Waals surface area contributed by atoms with Gasteiger partial charge in [0.15, 0.2) is 0 Å². The van der Waals surface area contributed by atoms with Gasteiger partial charge in [-0.05, 0) is 38.0 Å². The summed E-state index contributed by atoms with van der Waals surface area (Å²) in [7, 11) is 0. The van der Waals surface area contributed by atoms with Crippen LogP contribution in [0.15, 0.2) is 24.3 Å². The molecule has 0 aliphatic carbocycles. The van der Waals surface area contributed by atoms with E-state index in [9.17, 15) is 9.59 Å². The molecule has 6 heteroatoms. The minimum atomic E-state index is -0.979. The molecule has 110 valence electrons. The zero-order valence-corrected chi connectivity index (χ0v) is 12.3. The molecule has 3 N–H and O–H groups in total. The van der Waals surface area contributed by atoms with Crippen LogP contribution in [-0.4, -0.2) is 30.2 Å². The molecule has 2 amide bonds. The van der Waals surface area contributed by atoms with E-state index in [1.54, 1.807) is 26.0 Å². The fourth-order valence-corrected chi connectivity index (χ4v) is 1.54. The van der Waals surface area contributed by atoms with Crippen LogP contribution in [0.3, 0.4) is 0 Å². The maximum Gasteiger partial charge on any atom is 0.314 e. The summed E-state index contributed by atoms with van der Waals surface area (Å²) in [6, 6.07) is 7.03. The summed E-state index contributed by atoms with van der Waals surface area (Å²) in [5.74, 6) is -0.945. The number of urea groups is 1. The van der Waals surface area contributed by atoms with E-state index >= 15 is 0 Å². The Labute approximate surface area is 123 Å². The lowest BCUT2D eigenvalue weighted by atomic mass is 9.94. The van der Waals surface area contributed by atoms with Crippen molar-refractivity contribution in [3.8, 4) is 0 Å². The van der Waals surface area contributed by atoms with E-state index in [0.29, 0.717) is 18.0 Å². The quantitative estimate of drug-likeness (QED) is 0.754. The van der Waals surface area contributed by atoms with Gasteiger partial charge in [-0.3, -0.25) is 4.79 Å². The van der Waals surface area contributed by atoms with Gasteiger partial charge in [0.1, 0.15) is 0 Å².